The molecule has 0 fully saturated rings. The fourth-order valence-corrected chi connectivity index (χ4v) is 6.75. The third kappa shape index (κ3) is 5.58. The molecule has 33 heavy (non-hydrogen) atoms. The molecule has 3 aromatic heterocycles. The Balaban J connectivity index is 1.47. The zero-order valence-electron chi connectivity index (χ0n) is 18.8. The van der Waals surface area contributed by atoms with Crippen LogP contribution in [-0.2, 0) is 11.3 Å². The molecule has 0 radical (unpaired) electrons. The van der Waals surface area contributed by atoms with Crippen molar-refractivity contribution in [3.8, 4) is 16.3 Å². The number of nitrogen functional groups attached to an aromatic ring is 1. The number of hydrogen-bond acceptors (Lipinski definition) is 8. The minimum absolute atomic E-state index is 0.302. The predicted octanol–water partition coefficient (Wildman–Crippen LogP) is 3.87. The van der Waals surface area contributed by atoms with Crippen LogP contribution in [0.2, 0.25) is 0 Å². The molecule has 0 spiro atoms. The summed E-state index contributed by atoms with van der Waals surface area (Å²) in [5.41, 5.74) is 8.85. The van der Waals surface area contributed by atoms with E-state index >= 15 is 0 Å². The van der Waals surface area contributed by atoms with Crippen LogP contribution in [0.4, 0.5) is 10.5 Å². The lowest BCUT2D eigenvalue weighted by molar-refractivity contribution is 0.0525. The molecule has 1 aliphatic rings. The first kappa shape index (κ1) is 23.4. The average Bonchev–Trinajstić information content (AvgIpc) is 3.39. The Morgan fingerprint density at radius 1 is 1.27 bits per heavy atom. The molecule has 0 saturated heterocycles. The van der Waals surface area contributed by atoms with Crippen LogP contribution in [-0.4, -0.2) is 50.0 Å². The smallest absolute Gasteiger partial charge is 0.407 e. The van der Waals surface area contributed by atoms with Gasteiger partial charge in [0.2, 0.25) is 5.88 Å². The van der Waals surface area contributed by atoms with Crippen LogP contribution < -0.4 is 15.8 Å². The molecule has 4 heterocycles. The molecule has 1 aliphatic heterocycles. The number of amides is 1. The summed E-state index contributed by atoms with van der Waals surface area (Å²) in [6.45, 7) is 6.45. The Hall–Kier alpha value is -2.80. The van der Waals surface area contributed by atoms with Crippen LogP contribution >= 0.6 is 32.1 Å². The monoisotopic (exact) mass is 580 g/mol. The molecular formula is C22H25IN6O3S. The van der Waals surface area contributed by atoms with E-state index in [0.717, 1.165) is 26.6 Å². The second kappa shape index (κ2) is 9.59. The van der Waals surface area contributed by atoms with Gasteiger partial charge in [-0.15, -0.1) is 11.3 Å². The standard InChI is InChI=1S/C22H25IN6O3S/c1-22(2,3)32-21(30)25-5-6-29-11-14(10-28-29)18-19-15(23-12-27-18)8-17(33-19)13-7-16(24)20(31-4)26-9-13/h7-12H,5-6,24H2,1-4H3,(H,25,30). The summed E-state index contributed by atoms with van der Waals surface area (Å²) in [5, 5.41) is 7.18. The van der Waals surface area contributed by atoms with Gasteiger partial charge < -0.3 is 20.5 Å². The number of nitrogens with one attached hydrogen (secondary N) is 1. The van der Waals surface area contributed by atoms with E-state index < -0.39 is 11.7 Å². The van der Waals surface area contributed by atoms with Gasteiger partial charge >= 0.3 is 6.09 Å². The number of methoxy groups -OCH3 is 1. The second-order valence-electron chi connectivity index (χ2n) is 8.22. The highest BCUT2D eigenvalue weighted by atomic mass is 127. The molecule has 0 unspecified atom stereocenters. The van der Waals surface area contributed by atoms with Gasteiger partial charge in [0.15, 0.2) is 0 Å². The number of alkyl carbamates (subject to hydrolysis) is 1. The van der Waals surface area contributed by atoms with Gasteiger partial charge in [0.05, 0.1) is 40.3 Å². The van der Waals surface area contributed by atoms with Crippen molar-refractivity contribution in [2.24, 2.45) is 4.99 Å². The van der Waals surface area contributed by atoms with Crippen molar-refractivity contribution in [2.45, 2.75) is 32.9 Å². The molecule has 9 nitrogen and oxygen atoms in total. The molecule has 3 N–H and O–H groups in total. The molecule has 11 heteroatoms. The van der Waals surface area contributed by atoms with E-state index in [4.69, 9.17) is 20.2 Å². The van der Waals surface area contributed by atoms with Crippen LogP contribution in [0.25, 0.3) is 10.4 Å². The molecule has 0 saturated carbocycles. The number of ether oxygens (including phenoxy) is 2. The fourth-order valence-electron chi connectivity index (χ4n) is 3.11. The lowest BCUT2D eigenvalue weighted by Gasteiger charge is -2.19. The summed E-state index contributed by atoms with van der Waals surface area (Å²) < 4.78 is 15.6. The van der Waals surface area contributed by atoms with Crippen LogP contribution in [0, 0.1) is 3.57 Å². The number of halogens is 1. The van der Waals surface area contributed by atoms with Gasteiger partial charge in [0.25, 0.3) is 0 Å². The van der Waals surface area contributed by atoms with Crippen molar-refractivity contribution in [3.05, 3.63) is 44.7 Å². The Kier molecular flexibility index (Phi) is 6.79. The minimum atomic E-state index is -0.522. The van der Waals surface area contributed by atoms with Gasteiger partial charge in [-0.3, -0.25) is 4.68 Å². The number of aliphatic imine (C=N–C) groups is 1. The molecule has 0 aromatic carbocycles. The summed E-state index contributed by atoms with van der Waals surface area (Å²) in [5.74, 6) is 0.427. The van der Waals surface area contributed by atoms with Gasteiger partial charge in [-0.2, -0.15) is 5.10 Å². The lowest BCUT2D eigenvalue weighted by atomic mass is 10.2. The second-order valence-corrected chi connectivity index (χ2v) is 11.6. The number of rotatable bonds is 6. The molecule has 0 atom stereocenters. The first-order valence-electron chi connectivity index (χ1n) is 10.2. The molecule has 174 valence electrons. The van der Waals surface area contributed by atoms with Crippen LogP contribution in [0.3, 0.4) is 0 Å². The molecule has 4 rings (SSSR count). The number of thiophene rings is 1. The Morgan fingerprint density at radius 2 is 2.09 bits per heavy atom. The van der Waals surface area contributed by atoms with E-state index in [0.29, 0.717) is 24.7 Å². The Bertz CT molecular complexity index is 1240. The van der Waals surface area contributed by atoms with Gasteiger partial charge in [0, 0.05) is 38.5 Å². The maximum atomic E-state index is 11.8. The van der Waals surface area contributed by atoms with E-state index in [1.54, 1.807) is 35.5 Å². The van der Waals surface area contributed by atoms with Gasteiger partial charge in [-0.25, -0.2) is 14.8 Å². The third-order valence-electron chi connectivity index (χ3n) is 4.52. The quantitative estimate of drug-likeness (QED) is 0.428. The molecule has 0 aliphatic carbocycles. The maximum absolute atomic E-state index is 11.8. The molecular weight excluding hydrogens is 555 g/mol. The molecule has 0 bridgehead atoms. The number of pyridine rings is 1. The molecule has 3 aromatic rings. The summed E-state index contributed by atoms with van der Waals surface area (Å²) in [4.78, 5) is 23.1. The number of nitrogens with two attached hydrogens (primary N) is 1. The number of nitrogens with zero attached hydrogens (tertiary/aromatic N) is 4. The number of carbonyl (C=O) groups is 1. The highest BCUT2D eigenvalue weighted by molar-refractivity contribution is 14.2. The number of carbonyl (C=O) groups excluding carboxylic acids is 1. The van der Waals surface area contributed by atoms with Crippen molar-refractivity contribution in [1.29, 1.82) is 0 Å². The lowest BCUT2D eigenvalue weighted by Crippen LogP contribution is -2.34. The molecule has 1 amide bonds. The maximum Gasteiger partial charge on any atom is 0.407 e. The fraction of sp³-hybridized carbons (Fsp3) is 0.318. The zero-order valence-corrected chi connectivity index (χ0v) is 21.7. The normalized spacial score (nSPS) is 13.0. The van der Waals surface area contributed by atoms with Crippen LogP contribution in [0.5, 0.6) is 5.88 Å². The highest BCUT2D eigenvalue weighted by Crippen LogP contribution is 2.38. The first-order valence-corrected chi connectivity index (χ1v) is 13.3. The first-order chi connectivity index (χ1) is 15.7. The third-order valence-corrected chi connectivity index (χ3v) is 8.15. The Labute approximate surface area is 205 Å². The summed E-state index contributed by atoms with van der Waals surface area (Å²) >= 11 is 1.38. The van der Waals surface area contributed by atoms with Crippen LogP contribution in [0.15, 0.2) is 35.7 Å². The topological polar surface area (TPSA) is 117 Å². The number of hydrogen-bond donors (Lipinski definition) is 2. The van der Waals surface area contributed by atoms with Crippen molar-refractivity contribution in [1.82, 2.24) is 20.1 Å². The van der Waals surface area contributed by atoms with Gasteiger partial charge in [-0.05, 0) is 32.9 Å². The van der Waals surface area contributed by atoms with Gasteiger partial charge in [0.1, 0.15) is 5.60 Å². The predicted molar refractivity (Wildman–Crippen MR) is 139 cm³/mol. The van der Waals surface area contributed by atoms with Crippen molar-refractivity contribution in [2.75, 3.05) is 19.4 Å². The van der Waals surface area contributed by atoms with Crippen molar-refractivity contribution < 1.29 is 14.3 Å². The van der Waals surface area contributed by atoms with E-state index in [-0.39, 0.29) is 20.7 Å². The van der Waals surface area contributed by atoms with Crippen molar-refractivity contribution >= 4 is 53.7 Å². The minimum Gasteiger partial charge on any atom is -0.480 e. The van der Waals surface area contributed by atoms with Crippen molar-refractivity contribution in [3.63, 3.8) is 0 Å². The van der Waals surface area contributed by atoms with E-state index in [1.807, 2.05) is 37.2 Å². The Morgan fingerprint density at radius 3 is 2.82 bits per heavy atom. The summed E-state index contributed by atoms with van der Waals surface area (Å²) in [6.07, 6.45) is 5.10. The average molecular weight is 580 g/mol. The number of aromatic nitrogens is 3. The highest BCUT2D eigenvalue weighted by Gasteiger charge is 2.20. The SMILES string of the molecule is COc1ncc(-c2cc3c(s2)C(c2cnn(CCNC(=O)OC(C)(C)C)c2)=NC=I3)cc1N. The largest absolute Gasteiger partial charge is 0.480 e. The summed E-state index contributed by atoms with van der Waals surface area (Å²) in [6, 6.07) is 4.09. The summed E-state index contributed by atoms with van der Waals surface area (Å²) in [7, 11) is 1.55. The van der Waals surface area contributed by atoms with E-state index in [9.17, 15) is 4.79 Å². The van der Waals surface area contributed by atoms with Crippen LogP contribution in [0.1, 0.15) is 31.2 Å². The van der Waals surface area contributed by atoms with Gasteiger partial charge in [-0.1, -0.05) is 20.7 Å². The zero-order chi connectivity index (χ0) is 23.6. The number of fused-ring (bicyclic) bond motifs is 1. The number of anilines is 1. The van der Waals surface area contributed by atoms with E-state index in [1.165, 1.54) is 3.57 Å². The van der Waals surface area contributed by atoms with E-state index in [2.05, 4.69) is 21.5 Å².